The molecule has 0 fully saturated rings. The smallest absolute Gasteiger partial charge is 0.326 e. The molecule has 0 aliphatic heterocycles. The van der Waals surface area contributed by atoms with Gasteiger partial charge in [0.1, 0.15) is 11.8 Å². The van der Waals surface area contributed by atoms with Crippen molar-refractivity contribution in [1.82, 2.24) is 5.32 Å². The molecule has 0 spiro atoms. The number of rotatable bonds is 5. The first kappa shape index (κ1) is 16.3. The molecule has 5 nitrogen and oxygen atoms in total. The van der Waals surface area contributed by atoms with E-state index in [-0.39, 0.29) is 6.61 Å². The van der Waals surface area contributed by atoms with Gasteiger partial charge in [-0.1, -0.05) is 38.4 Å². The summed E-state index contributed by atoms with van der Waals surface area (Å²) in [5.74, 6) is -1.11. The Morgan fingerprint density at radius 1 is 1.40 bits per heavy atom. The zero-order valence-electron chi connectivity index (χ0n) is 11.6. The van der Waals surface area contributed by atoms with E-state index in [1.165, 1.54) is 0 Å². The molecule has 0 aliphatic rings. The summed E-state index contributed by atoms with van der Waals surface area (Å²) in [5.41, 5.74) is -0.586. The lowest BCUT2D eigenvalue weighted by atomic mass is 9.87. The van der Waals surface area contributed by atoms with Crippen LogP contribution in [-0.2, 0) is 9.59 Å². The minimum absolute atomic E-state index is 0.264. The lowest BCUT2D eigenvalue weighted by Crippen LogP contribution is -2.50. The molecule has 0 radical (unpaired) electrons. The second-order valence-corrected chi connectivity index (χ2v) is 5.89. The molecule has 0 aliphatic carbocycles. The number of ether oxygens (including phenoxy) is 1. The highest BCUT2D eigenvalue weighted by atomic mass is 35.5. The molecule has 1 aromatic rings. The number of carbonyl (C=O) groups excluding carboxylic acids is 1. The standard InChI is InChI=1S/C14H18ClNO4/c1-14(2,3)12(13(18)19)16-11(17)8-20-10-6-4-5-9(15)7-10/h4-7,12H,8H2,1-3H3,(H,16,17)(H,18,19). The molecular weight excluding hydrogens is 282 g/mol. The Morgan fingerprint density at radius 2 is 2.05 bits per heavy atom. The van der Waals surface area contributed by atoms with Crippen LogP contribution in [0.1, 0.15) is 20.8 Å². The molecule has 0 saturated carbocycles. The summed E-state index contributed by atoms with van der Waals surface area (Å²) >= 11 is 5.79. The molecule has 1 unspecified atom stereocenters. The maximum atomic E-state index is 11.7. The molecule has 6 heteroatoms. The van der Waals surface area contributed by atoms with Crippen molar-refractivity contribution in [3.63, 3.8) is 0 Å². The Bertz CT molecular complexity index is 496. The third kappa shape index (κ3) is 5.09. The van der Waals surface area contributed by atoms with Gasteiger partial charge < -0.3 is 15.2 Å². The molecule has 2 N–H and O–H groups in total. The lowest BCUT2D eigenvalue weighted by Gasteiger charge is -2.27. The fourth-order valence-corrected chi connectivity index (χ4v) is 1.74. The van der Waals surface area contributed by atoms with E-state index in [0.717, 1.165) is 0 Å². The Kier molecular flexibility index (Phi) is 5.39. The van der Waals surface area contributed by atoms with Gasteiger partial charge in [-0.05, 0) is 23.6 Å². The van der Waals surface area contributed by atoms with E-state index < -0.39 is 23.3 Å². The number of nitrogens with one attached hydrogen (secondary N) is 1. The first-order valence-corrected chi connectivity index (χ1v) is 6.48. The number of halogens is 1. The molecular formula is C14H18ClNO4. The predicted molar refractivity (Wildman–Crippen MR) is 76.0 cm³/mol. The largest absolute Gasteiger partial charge is 0.484 e. The van der Waals surface area contributed by atoms with E-state index in [4.69, 9.17) is 21.4 Å². The van der Waals surface area contributed by atoms with Gasteiger partial charge in [-0.3, -0.25) is 4.79 Å². The molecule has 1 aromatic carbocycles. The minimum atomic E-state index is -1.08. The van der Waals surface area contributed by atoms with Crippen LogP contribution in [0.2, 0.25) is 5.02 Å². The summed E-state index contributed by atoms with van der Waals surface area (Å²) in [4.78, 5) is 22.9. The van der Waals surface area contributed by atoms with Gasteiger partial charge in [0.2, 0.25) is 0 Å². The minimum Gasteiger partial charge on any atom is -0.484 e. The van der Waals surface area contributed by atoms with E-state index in [9.17, 15) is 9.59 Å². The Balaban J connectivity index is 2.57. The molecule has 0 bridgehead atoms. The molecule has 0 aromatic heterocycles. The number of carboxylic acid groups (broad SMARTS) is 1. The maximum absolute atomic E-state index is 11.7. The van der Waals surface area contributed by atoms with Crippen molar-refractivity contribution in [3.05, 3.63) is 29.3 Å². The average molecular weight is 300 g/mol. The van der Waals surface area contributed by atoms with Crippen LogP contribution in [0.4, 0.5) is 0 Å². The third-order valence-corrected chi connectivity index (χ3v) is 2.82. The summed E-state index contributed by atoms with van der Waals surface area (Å²) in [5, 5.41) is 12.1. The van der Waals surface area contributed by atoms with Crippen LogP contribution in [0, 0.1) is 5.41 Å². The van der Waals surface area contributed by atoms with Crippen LogP contribution in [0.25, 0.3) is 0 Å². The predicted octanol–water partition coefficient (Wildman–Crippen LogP) is 2.33. The fraction of sp³-hybridized carbons (Fsp3) is 0.429. The Morgan fingerprint density at radius 3 is 2.55 bits per heavy atom. The summed E-state index contributed by atoms with van der Waals surface area (Å²) < 4.78 is 5.25. The third-order valence-electron chi connectivity index (χ3n) is 2.58. The number of aliphatic carboxylic acids is 1. The highest BCUT2D eigenvalue weighted by molar-refractivity contribution is 6.30. The van der Waals surface area contributed by atoms with Crippen molar-refractivity contribution in [2.24, 2.45) is 5.41 Å². The Hall–Kier alpha value is -1.75. The summed E-state index contributed by atoms with van der Waals surface area (Å²) in [7, 11) is 0. The molecule has 110 valence electrons. The normalized spacial score (nSPS) is 12.6. The Labute approximate surface area is 122 Å². The van der Waals surface area contributed by atoms with Gasteiger partial charge >= 0.3 is 5.97 Å². The van der Waals surface area contributed by atoms with E-state index in [1.807, 2.05) is 0 Å². The molecule has 1 atom stereocenters. The molecule has 1 rings (SSSR count). The van der Waals surface area contributed by atoms with E-state index in [0.29, 0.717) is 10.8 Å². The van der Waals surface area contributed by atoms with Crippen molar-refractivity contribution in [2.75, 3.05) is 6.61 Å². The average Bonchev–Trinajstić information content (AvgIpc) is 2.31. The quantitative estimate of drug-likeness (QED) is 0.875. The highest BCUT2D eigenvalue weighted by Crippen LogP contribution is 2.20. The van der Waals surface area contributed by atoms with Crippen LogP contribution >= 0.6 is 11.6 Å². The van der Waals surface area contributed by atoms with Crippen LogP contribution in [0.3, 0.4) is 0 Å². The van der Waals surface area contributed by atoms with Gasteiger partial charge in [0.05, 0.1) is 0 Å². The summed E-state index contributed by atoms with van der Waals surface area (Å²) in [6.07, 6.45) is 0. The van der Waals surface area contributed by atoms with Crippen LogP contribution in [-0.4, -0.2) is 29.6 Å². The summed E-state index contributed by atoms with van der Waals surface area (Å²) in [6.45, 7) is 4.96. The number of carbonyl (C=O) groups is 2. The first-order chi connectivity index (χ1) is 9.20. The molecule has 0 saturated heterocycles. The molecule has 1 amide bonds. The maximum Gasteiger partial charge on any atom is 0.326 e. The van der Waals surface area contributed by atoms with Gasteiger partial charge in [0, 0.05) is 5.02 Å². The first-order valence-electron chi connectivity index (χ1n) is 6.10. The second-order valence-electron chi connectivity index (χ2n) is 5.45. The van der Waals surface area contributed by atoms with E-state index in [1.54, 1.807) is 45.0 Å². The van der Waals surface area contributed by atoms with E-state index >= 15 is 0 Å². The van der Waals surface area contributed by atoms with Gasteiger partial charge in [-0.15, -0.1) is 0 Å². The zero-order chi connectivity index (χ0) is 15.3. The topological polar surface area (TPSA) is 75.6 Å². The second kappa shape index (κ2) is 6.61. The van der Waals surface area contributed by atoms with Crippen LogP contribution in [0.15, 0.2) is 24.3 Å². The number of hydrogen-bond donors (Lipinski definition) is 2. The van der Waals surface area contributed by atoms with Crippen molar-refractivity contribution in [2.45, 2.75) is 26.8 Å². The van der Waals surface area contributed by atoms with Gasteiger partial charge in [-0.25, -0.2) is 4.79 Å². The van der Waals surface area contributed by atoms with Crippen molar-refractivity contribution >= 4 is 23.5 Å². The van der Waals surface area contributed by atoms with Gasteiger partial charge in [0.25, 0.3) is 5.91 Å². The summed E-state index contributed by atoms with van der Waals surface area (Å²) in [6, 6.07) is 5.66. The van der Waals surface area contributed by atoms with Crippen molar-refractivity contribution in [1.29, 1.82) is 0 Å². The van der Waals surface area contributed by atoms with Crippen LogP contribution in [0.5, 0.6) is 5.75 Å². The number of hydrogen-bond acceptors (Lipinski definition) is 3. The molecule has 0 heterocycles. The SMILES string of the molecule is CC(C)(C)C(NC(=O)COc1cccc(Cl)c1)C(=O)O. The molecule has 20 heavy (non-hydrogen) atoms. The number of benzene rings is 1. The fourth-order valence-electron chi connectivity index (χ4n) is 1.56. The van der Waals surface area contributed by atoms with Gasteiger partial charge in [0.15, 0.2) is 6.61 Å². The highest BCUT2D eigenvalue weighted by Gasteiger charge is 2.32. The van der Waals surface area contributed by atoms with Crippen molar-refractivity contribution in [3.8, 4) is 5.75 Å². The number of carboxylic acids is 1. The zero-order valence-corrected chi connectivity index (χ0v) is 12.4. The van der Waals surface area contributed by atoms with E-state index in [2.05, 4.69) is 5.32 Å². The van der Waals surface area contributed by atoms with Gasteiger partial charge in [-0.2, -0.15) is 0 Å². The monoisotopic (exact) mass is 299 g/mol. The van der Waals surface area contributed by atoms with Crippen molar-refractivity contribution < 1.29 is 19.4 Å². The lowest BCUT2D eigenvalue weighted by molar-refractivity contribution is -0.145. The number of amides is 1. The van der Waals surface area contributed by atoms with Crippen LogP contribution < -0.4 is 10.1 Å².